The van der Waals surface area contributed by atoms with Crippen LogP contribution in [0.3, 0.4) is 0 Å². The number of phenols is 1. The minimum absolute atomic E-state index is 0.293. The average molecular weight is 257 g/mol. The lowest BCUT2D eigenvalue weighted by Crippen LogP contribution is -2.28. The number of rotatable bonds is 2. The van der Waals surface area contributed by atoms with Crippen LogP contribution in [0.2, 0.25) is 0 Å². The molecule has 98 valence electrons. The fraction of sp³-hybridized carbons (Fsp3) is 0.250. The summed E-state index contributed by atoms with van der Waals surface area (Å²) in [4.78, 5) is 2.28. The van der Waals surface area contributed by atoms with Crippen molar-refractivity contribution in [3.05, 3.63) is 59.4 Å². The van der Waals surface area contributed by atoms with E-state index in [2.05, 4.69) is 30.0 Å². The number of aromatic hydroxyl groups is 1. The summed E-state index contributed by atoms with van der Waals surface area (Å²) in [5.74, 6) is -0.851. The summed E-state index contributed by atoms with van der Waals surface area (Å²) >= 11 is 0. The molecule has 3 rings (SSSR count). The summed E-state index contributed by atoms with van der Waals surface area (Å²) in [5, 5.41) is 9.23. The highest BCUT2D eigenvalue weighted by molar-refractivity contribution is 5.59. The Balaban J connectivity index is 1.89. The van der Waals surface area contributed by atoms with Crippen LogP contribution in [-0.2, 0) is 13.0 Å². The lowest BCUT2D eigenvalue weighted by Gasteiger charge is -2.25. The van der Waals surface area contributed by atoms with E-state index in [4.69, 9.17) is 0 Å². The Kier molecular flexibility index (Phi) is 2.90. The van der Waals surface area contributed by atoms with Gasteiger partial charge in [0.1, 0.15) is 0 Å². The number of para-hydroxylation sites is 1. The van der Waals surface area contributed by atoms with E-state index in [1.54, 1.807) is 6.07 Å². The van der Waals surface area contributed by atoms with Gasteiger partial charge in [0.25, 0.3) is 0 Å². The number of anilines is 1. The smallest absolute Gasteiger partial charge is 0.165 e. The van der Waals surface area contributed by atoms with Crippen LogP contribution in [-0.4, -0.2) is 11.1 Å². The first-order chi connectivity index (χ1) is 9.15. The highest BCUT2D eigenvalue weighted by atomic mass is 19.1. The minimum Gasteiger partial charge on any atom is -0.505 e. The van der Waals surface area contributed by atoms with E-state index in [1.807, 2.05) is 6.07 Å². The summed E-state index contributed by atoms with van der Waals surface area (Å²) in [6, 6.07) is 13.3. The molecular weight excluding hydrogens is 241 g/mol. The number of halogens is 1. The zero-order valence-corrected chi connectivity index (χ0v) is 10.8. The maximum Gasteiger partial charge on any atom is 0.165 e. The first-order valence-corrected chi connectivity index (χ1v) is 6.47. The SMILES string of the molecule is CC1Cc2ccccc2N1Cc1ccc(O)c(F)c1. The molecule has 0 bridgehead atoms. The predicted octanol–water partition coefficient (Wildman–Crippen LogP) is 3.48. The van der Waals surface area contributed by atoms with Gasteiger partial charge in [0.2, 0.25) is 0 Å². The molecule has 1 aliphatic rings. The molecule has 0 aliphatic carbocycles. The topological polar surface area (TPSA) is 23.5 Å². The summed E-state index contributed by atoms with van der Waals surface area (Å²) in [7, 11) is 0. The van der Waals surface area contributed by atoms with E-state index < -0.39 is 5.82 Å². The molecule has 1 unspecified atom stereocenters. The van der Waals surface area contributed by atoms with Gasteiger partial charge in [0.15, 0.2) is 11.6 Å². The molecule has 0 aromatic heterocycles. The monoisotopic (exact) mass is 257 g/mol. The maximum absolute atomic E-state index is 13.4. The molecule has 1 atom stereocenters. The molecule has 0 amide bonds. The molecule has 1 heterocycles. The minimum atomic E-state index is -0.558. The molecule has 1 aliphatic heterocycles. The average Bonchev–Trinajstić information content (AvgIpc) is 2.71. The fourth-order valence-electron chi connectivity index (χ4n) is 2.72. The number of nitrogens with zero attached hydrogens (tertiary/aromatic N) is 1. The van der Waals surface area contributed by atoms with Crippen molar-refractivity contribution in [2.75, 3.05) is 4.90 Å². The van der Waals surface area contributed by atoms with E-state index in [0.717, 1.165) is 12.0 Å². The van der Waals surface area contributed by atoms with Gasteiger partial charge in [-0.15, -0.1) is 0 Å². The van der Waals surface area contributed by atoms with E-state index in [-0.39, 0.29) is 5.75 Å². The summed E-state index contributed by atoms with van der Waals surface area (Å²) in [6.07, 6.45) is 1.02. The van der Waals surface area contributed by atoms with E-state index in [9.17, 15) is 9.50 Å². The Morgan fingerprint density at radius 2 is 2.05 bits per heavy atom. The van der Waals surface area contributed by atoms with Crippen LogP contribution in [0.15, 0.2) is 42.5 Å². The van der Waals surface area contributed by atoms with Crippen LogP contribution in [0.5, 0.6) is 5.75 Å². The van der Waals surface area contributed by atoms with Gasteiger partial charge in [-0.25, -0.2) is 4.39 Å². The van der Waals surface area contributed by atoms with Crippen molar-refractivity contribution >= 4 is 5.69 Å². The van der Waals surface area contributed by atoms with Crippen LogP contribution in [0.4, 0.5) is 10.1 Å². The van der Waals surface area contributed by atoms with Crippen LogP contribution < -0.4 is 4.90 Å². The fourth-order valence-corrected chi connectivity index (χ4v) is 2.72. The van der Waals surface area contributed by atoms with Crippen LogP contribution in [0.25, 0.3) is 0 Å². The second-order valence-electron chi connectivity index (χ2n) is 5.10. The molecule has 19 heavy (non-hydrogen) atoms. The number of benzene rings is 2. The van der Waals surface area contributed by atoms with Crippen LogP contribution >= 0.6 is 0 Å². The van der Waals surface area contributed by atoms with Gasteiger partial charge in [-0.3, -0.25) is 0 Å². The summed E-state index contributed by atoms with van der Waals surface area (Å²) < 4.78 is 13.4. The molecule has 3 heteroatoms. The zero-order valence-electron chi connectivity index (χ0n) is 10.8. The molecule has 0 saturated carbocycles. The summed E-state index contributed by atoms with van der Waals surface area (Å²) in [5.41, 5.74) is 3.44. The number of fused-ring (bicyclic) bond motifs is 1. The molecule has 1 N–H and O–H groups in total. The molecule has 0 radical (unpaired) electrons. The van der Waals surface area contributed by atoms with Crippen molar-refractivity contribution in [1.29, 1.82) is 0 Å². The lowest BCUT2D eigenvalue weighted by atomic mass is 10.1. The molecule has 0 fully saturated rings. The van der Waals surface area contributed by atoms with E-state index in [1.165, 1.54) is 23.4 Å². The van der Waals surface area contributed by atoms with E-state index >= 15 is 0 Å². The van der Waals surface area contributed by atoms with Crippen LogP contribution in [0, 0.1) is 5.82 Å². The van der Waals surface area contributed by atoms with Crippen molar-refractivity contribution < 1.29 is 9.50 Å². The number of hydrogen-bond acceptors (Lipinski definition) is 2. The van der Waals surface area contributed by atoms with Crippen molar-refractivity contribution in [2.45, 2.75) is 25.9 Å². The van der Waals surface area contributed by atoms with E-state index in [0.29, 0.717) is 12.6 Å². The van der Waals surface area contributed by atoms with Crippen molar-refractivity contribution in [1.82, 2.24) is 0 Å². The standard InChI is InChI=1S/C16H16FNO/c1-11-8-13-4-2-3-5-15(13)18(11)10-12-6-7-16(19)14(17)9-12/h2-7,9,11,19H,8,10H2,1H3. The predicted molar refractivity (Wildman–Crippen MR) is 73.9 cm³/mol. The van der Waals surface area contributed by atoms with Gasteiger partial charge >= 0.3 is 0 Å². The quantitative estimate of drug-likeness (QED) is 0.890. The number of phenolic OH excluding ortho intramolecular Hbond substituents is 1. The van der Waals surface area contributed by atoms with Crippen LogP contribution in [0.1, 0.15) is 18.1 Å². The van der Waals surface area contributed by atoms with Gasteiger partial charge in [-0.2, -0.15) is 0 Å². The molecule has 2 aromatic carbocycles. The molecule has 2 aromatic rings. The molecule has 0 spiro atoms. The van der Waals surface area contributed by atoms with Gasteiger partial charge in [-0.05, 0) is 42.7 Å². The van der Waals surface area contributed by atoms with Crippen molar-refractivity contribution in [2.24, 2.45) is 0 Å². The molecule has 0 saturated heterocycles. The maximum atomic E-state index is 13.4. The zero-order chi connectivity index (χ0) is 13.4. The summed E-state index contributed by atoms with van der Waals surface area (Å²) in [6.45, 7) is 2.84. The van der Waals surface area contributed by atoms with Crippen molar-refractivity contribution in [3.8, 4) is 5.75 Å². The molecular formula is C16H16FNO. The number of hydrogen-bond donors (Lipinski definition) is 1. The highest BCUT2D eigenvalue weighted by Crippen LogP contribution is 2.33. The Hall–Kier alpha value is -2.03. The first kappa shape index (κ1) is 12.0. The Bertz CT molecular complexity index is 611. The van der Waals surface area contributed by atoms with Crippen molar-refractivity contribution in [3.63, 3.8) is 0 Å². The second kappa shape index (κ2) is 4.57. The Morgan fingerprint density at radius 1 is 1.26 bits per heavy atom. The second-order valence-corrected chi connectivity index (χ2v) is 5.10. The third-order valence-corrected chi connectivity index (χ3v) is 3.71. The third-order valence-electron chi connectivity index (χ3n) is 3.71. The third kappa shape index (κ3) is 2.16. The molecule has 2 nitrogen and oxygen atoms in total. The normalized spacial score (nSPS) is 17.6. The first-order valence-electron chi connectivity index (χ1n) is 6.47. The van der Waals surface area contributed by atoms with Gasteiger partial charge in [-0.1, -0.05) is 24.3 Å². The van der Waals surface area contributed by atoms with Gasteiger partial charge < -0.3 is 10.0 Å². The van der Waals surface area contributed by atoms with Gasteiger partial charge in [0.05, 0.1) is 0 Å². The lowest BCUT2D eigenvalue weighted by molar-refractivity contribution is 0.431. The largest absolute Gasteiger partial charge is 0.505 e. The Morgan fingerprint density at radius 3 is 2.84 bits per heavy atom. The Labute approximate surface area is 112 Å². The highest BCUT2D eigenvalue weighted by Gasteiger charge is 2.25. The van der Waals surface area contributed by atoms with Gasteiger partial charge in [0, 0.05) is 18.3 Å².